The van der Waals surface area contributed by atoms with E-state index in [4.69, 9.17) is 49.3 Å². The average Bonchev–Trinajstić information content (AvgIpc) is 3.51. The first-order chi connectivity index (χ1) is 19.5. The zero-order valence-electron chi connectivity index (χ0n) is 22.6. The van der Waals surface area contributed by atoms with Crippen LogP contribution in [0.4, 0.5) is 0 Å². The molecule has 15 nitrogen and oxygen atoms in total. The van der Waals surface area contributed by atoms with Gasteiger partial charge >= 0.3 is 0 Å². The van der Waals surface area contributed by atoms with Crippen LogP contribution in [-0.2, 0) is 43.4 Å². The highest BCUT2D eigenvalue weighted by Crippen LogP contribution is 2.17. The van der Waals surface area contributed by atoms with E-state index < -0.39 is 23.9 Å². The molecule has 0 amide bonds. The number of carboxylic acids is 4. The van der Waals surface area contributed by atoms with E-state index in [1.807, 2.05) is 30.8 Å². The molecule has 0 saturated carbocycles. The molecule has 1 saturated heterocycles. The van der Waals surface area contributed by atoms with Crippen LogP contribution < -0.4 is 20.4 Å². The summed E-state index contributed by atoms with van der Waals surface area (Å²) in [6, 6.07) is 4.00. The van der Waals surface area contributed by atoms with Crippen LogP contribution in [0.15, 0.2) is 23.8 Å². The van der Waals surface area contributed by atoms with Gasteiger partial charge in [0.15, 0.2) is 5.65 Å². The molecule has 4 rings (SSSR count). The Morgan fingerprint density at radius 2 is 1.54 bits per heavy atom. The maximum Gasteiger partial charge on any atom is 0.160 e. The predicted octanol–water partition coefficient (Wildman–Crippen LogP) is -4.43. The predicted molar refractivity (Wildman–Crippen MR) is 136 cm³/mol. The first kappa shape index (κ1) is 33.2. The van der Waals surface area contributed by atoms with Gasteiger partial charge in [-0.3, -0.25) is 4.90 Å². The quantitative estimate of drug-likeness (QED) is 0.170. The lowest BCUT2D eigenvalue weighted by atomic mass is 10.2. The smallest absolute Gasteiger partial charge is 0.160 e. The van der Waals surface area contributed by atoms with E-state index in [2.05, 4.69) is 31.3 Å². The Morgan fingerprint density at radius 1 is 0.927 bits per heavy atom. The molecule has 4 heterocycles. The third kappa shape index (κ3) is 11.2. The molecule has 3 aromatic heterocycles. The number of aliphatic carboxylic acids is 4. The van der Waals surface area contributed by atoms with E-state index in [-0.39, 0.29) is 0 Å². The van der Waals surface area contributed by atoms with Crippen molar-refractivity contribution < 1.29 is 44.3 Å². The molecule has 224 valence electrons. The molecule has 0 aromatic carbocycles. The molecule has 3 aromatic rings. The van der Waals surface area contributed by atoms with Crippen LogP contribution in [0.2, 0.25) is 0 Å². The summed E-state index contributed by atoms with van der Waals surface area (Å²) in [5.74, 6) is -7.65. The van der Waals surface area contributed by atoms with Crippen molar-refractivity contribution in [2.45, 2.75) is 33.4 Å². The number of carbonyl (C=O) groups is 4. The number of imidazole rings is 1. The molecule has 0 radical (unpaired) electrons. The van der Waals surface area contributed by atoms with E-state index in [0.29, 0.717) is 6.61 Å². The Morgan fingerprint density at radius 3 is 2.07 bits per heavy atom. The van der Waals surface area contributed by atoms with Crippen molar-refractivity contribution in [1.82, 2.24) is 29.3 Å². The van der Waals surface area contributed by atoms with Gasteiger partial charge in [0.05, 0.1) is 48.2 Å². The van der Waals surface area contributed by atoms with Gasteiger partial charge < -0.3 is 53.8 Å². The van der Waals surface area contributed by atoms with E-state index in [0.717, 1.165) is 75.8 Å². The summed E-state index contributed by atoms with van der Waals surface area (Å²) in [4.78, 5) is 56.0. The van der Waals surface area contributed by atoms with Crippen LogP contribution in [-0.4, -0.2) is 99.1 Å². The Balaban J connectivity index is 0.000000413. The number of hydrogen-bond donors (Lipinski definition) is 0. The summed E-state index contributed by atoms with van der Waals surface area (Å²) in [6.07, 6.45) is 2.95. The molecule has 0 spiro atoms. The average molecular weight is 591 g/mol. The van der Waals surface area contributed by atoms with Gasteiger partial charge in [0, 0.05) is 56.9 Å². The molecule has 41 heavy (non-hydrogen) atoms. The number of aromatic nitrogens is 4. The van der Waals surface area contributed by atoms with Gasteiger partial charge in [-0.2, -0.15) is 0 Å². The van der Waals surface area contributed by atoms with Gasteiger partial charge in [0.1, 0.15) is 11.3 Å². The second-order valence-corrected chi connectivity index (χ2v) is 9.54. The minimum absolute atomic E-state index is 0.691. The highest BCUT2D eigenvalue weighted by molar-refractivity contribution is 7.09. The molecule has 0 N–H and O–H groups in total. The fraction of sp³-hybridized carbons (Fsp3) is 0.480. The maximum absolute atomic E-state index is 8.93. The largest absolute Gasteiger partial charge is 0.543 e. The van der Waals surface area contributed by atoms with E-state index >= 15 is 0 Å². The third-order valence-electron chi connectivity index (χ3n) is 5.91. The first-order valence-corrected chi connectivity index (χ1v) is 13.5. The van der Waals surface area contributed by atoms with Crippen molar-refractivity contribution >= 4 is 46.4 Å². The highest BCUT2D eigenvalue weighted by atomic mass is 32.1. The molecule has 0 unspecified atom stereocenters. The maximum atomic E-state index is 8.93. The Labute approximate surface area is 239 Å². The van der Waals surface area contributed by atoms with Crippen molar-refractivity contribution in [3.05, 3.63) is 40.2 Å². The van der Waals surface area contributed by atoms with Gasteiger partial charge in [0.2, 0.25) is 0 Å². The fourth-order valence-electron chi connectivity index (χ4n) is 3.86. The molecule has 1 aliphatic heterocycles. The van der Waals surface area contributed by atoms with Crippen LogP contribution in [0.5, 0.6) is 0 Å². The van der Waals surface area contributed by atoms with Crippen LogP contribution >= 0.6 is 11.3 Å². The van der Waals surface area contributed by atoms with Crippen molar-refractivity contribution in [1.29, 1.82) is 0 Å². The fourth-order valence-corrected chi connectivity index (χ4v) is 4.63. The lowest BCUT2D eigenvalue weighted by Crippen LogP contribution is -2.46. The number of aryl methyl sites for hydroxylation is 1. The van der Waals surface area contributed by atoms with E-state index in [9.17, 15) is 0 Å². The molecule has 1 fully saturated rings. The van der Waals surface area contributed by atoms with Crippen molar-refractivity contribution in [3.8, 4) is 0 Å². The number of ether oxygens (including phenoxy) is 1. The van der Waals surface area contributed by atoms with Crippen LogP contribution in [0.3, 0.4) is 0 Å². The summed E-state index contributed by atoms with van der Waals surface area (Å²) in [6.45, 7) is 12.7. The Bertz CT molecular complexity index is 1260. The van der Waals surface area contributed by atoms with E-state index in [1.54, 1.807) is 11.3 Å². The SMILES string of the molecule is CCOCCn1c(CN2CCN(CCc3scnc3C)CC2)nc2cccnc21.O=C([O-])C(=O)[O-].O=C([O-])C(=O)[O-]. The highest BCUT2D eigenvalue weighted by Gasteiger charge is 2.20. The second kappa shape index (κ2) is 17.0. The summed E-state index contributed by atoms with van der Waals surface area (Å²) >= 11 is 1.78. The van der Waals surface area contributed by atoms with Crippen LogP contribution in [0.25, 0.3) is 11.2 Å². The monoisotopic (exact) mass is 590 g/mol. The minimum atomic E-state index is -2.19. The van der Waals surface area contributed by atoms with Crippen LogP contribution in [0, 0.1) is 6.92 Å². The van der Waals surface area contributed by atoms with Crippen molar-refractivity contribution in [2.24, 2.45) is 0 Å². The van der Waals surface area contributed by atoms with E-state index in [1.165, 1.54) is 10.6 Å². The lowest BCUT2D eigenvalue weighted by molar-refractivity contribution is -0.345. The number of piperazine rings is 1. The Hall–Kier alpha value is -3.99. The first-order valence-electron chi connectivity index (χ1n) is 12.6. The summed E-state index contributed by atoms with van der Waals surface area (Å²) in [7, 11) is 0. The second-order valence-electron chi connectivity index (χ2n) is 8.60. The number of carboxylic acid groups (broad SMARTS) is 4. The standard InChI is InChI=1S/C21H30N6OS.2C2H2O4/c1-3-28-14-13-27-20(24-18-5-4-7-22-21(18)27)15-26-11-9-25(10-12-26)8-6-19-17(2)23-16-29-19;2*3-1(4)2(5)6/h4-5,7,16H,3,6,8-15H2,1-2H3;2*(H,3,4)(H,5,6)/p-4. The van der Waals surface area contributed by atoms with Gasteiger partial charge in [-0.15, -0.1) is 11.3 Å². The molecular weight excluding hydrogens is 560 g/mol. The Kier molecular flexibility index (Phi) is 13.7. The molecule has 1 aliphatic rings. The summed E-state index contributed by atoms with van der Waals surface area (Å²) in [5, 5.41) is 35.7. The normalized spacial score (nSPS) is 13.5. The van der Waals surface area contributed by atoms with Gasteiger partial charge in [-0.05, 0) is 32.4 Å². The van der Waals surface area contributed by atoms with Crippen molar-refractivity contribution in [3.63, 3.8) is 0 Å². The van der Waals surface area contributed by atoms with Crippen molar-refractivity contribution in [2.75, 3.05) is 45.9 Å². The zero-order valence-corrected chi connectivity index (χ0v) is 23.5. The molecule has 0 aliphatic carbocycles. The molecule has 0 atom stereocenters. The number of carbonyl (C=O) groups excluding carboxylic acids is 4. The topological polar surface area (TPSA) is 220 Å². The van der Waals surface area contributed by atoms with Crippen LogP contribution in [0.1, 0.15) is 23.3 Å². The lowest BCUT2D eigenvalue weighted by Gasteiger charge is -2.34. The summed E-state index contributed by atoms with van der Waals surface area (Å²) < 4.78 is 7.81. The summed E-state index contributed by atoms with van der Waals surface area (Å²) in [5.41, 5.74) is 5.07. The number of fused-ring (bicyclic) bond motifs is 1. The number of hydrogen-bond acceptors (Lipinski definition) is 15. The molecular formula is C25H30N6O9S-4. The third-order valence-corrected chi connectivity index (χ3v) is 6.90. The molecule has 0 bridgehead atoms. The minimum Gasteiger partial charge on any atom is -0.543 e. The number of nitrogens with zero attached hydrogens (tertiary/aromatic N) is 6. The number of rotatable bonds is 9. The number of thiazole rings is 1. The molecule has 16 heteroatoms. The number of pyridine rings is 1. The van der Waals surface area contributed by atoms with Gasteiger partial charge in [-0.1, -0.05) is 0 Å². The zero-order chi connectivity index (χ0) is 30.4. The van der Waals surface area contributed by atoms with Gasteiger partial charge in [-0.25, -0.2) is 15.0 Å². The van der Waals surface area contributed by atoms with Gasteiger partial charge in [0.25, 0.3) is 0 Å².